The highest BCUT2D eigenvalue weighted by atomic mass is 35.5. The van der Waals surface area contributed by atoms with Gasteiger partial charge in [0.05, 0.1) is 80.3 Å². The van der Waals surface area contributed by atoms with Crippen molar-refractivity contribution in [3.63, 3.8) is 0 Å². The maximum atomic E-state index is 12.9. The number of phenols is 1. The largest absolute Gasteiger partial charge is 0.508 e. The Morgan fingerprint density at radius 3 is 1.78 bits per heavy atom. The Labute approximate surface area is 355 Å². The molecular weight excluding hydrogens is 842 g/mol. The predicted molar refractivity (Wildman–Crippen MR) is 221 cm³/mol. The van der Waals surface area contributed by atoms with Crippen LogP contribution in [-0.2, 0) is 45.4 Å². The van der Waals surface area contributed by atoms with Crippen molar-refractivity contribution >= 4 is 37.7 Å². The van der Waals surface area contributed by atoms with Gasteiger partial charge in [-0.1, -0.05) is 11.6 Å². The molecule has 0 spiro atoms. The summed E-state index contributed by atoms with van der Waals surface area (Å²) in [5.74, 6) is 0.478. The van der Waals surface area contributed by atoms with Crippen LogP contribution in [0.1, 0.15) is 22.8 Å². The fourth-order valence-electron chi connectivity index (χ4n) is 6.55. The van der Waals surface area contributed by atoms with Crippen LogP contribution in [0.2, 0.25) is 5.02 Å². The van der Waals surface area contributed by atoms with E-state index in [0.29, 0.717) is 22.8 Å². The van der Waals surface area contributed by atoms with Crippen molar-refractivity contribution in [2.24, 2.45) is 0 Å². The minimum absolute atomic E-state index is 0.00277. The van der Waals surface area contributed by atoms with E-state index in [1.165, 1.54) is 36.4 Å². The first-order valence-electron chi connectivity index (χ1n) is 19.5. The van der Waals surface area contributed by atoms with Crippen LogP contribution in [0.5, 0.6) is 11.5 Å². The van der Waals surface area contributed by atoms with E-state index in [9.17, 15) is 32.0 Å². The van der Waals surface area contributed by atoms with Crippen LogP contribution >= 0.6 is 11.6 Å². The van der Waals surface area contributed by atoms with Crippen LogP contribution in [-0.4, -0.2) is 144 Å². The predicted octanol–water partition coefficient (Wildman–Crippen LogP) is 1.49. The smallest absolute Gasteiger partial charge is 0.314 e. The standard InChI is InChI=1S/C39H52ClN7O11S2/c40-30-25-29(28-41)35-27-37(47-15-9-42-10-16-47)38(36(35)26-30)58-32-3-7-34(8-4-32)60(52,53)46-14-20-57-24-22-55-18-12-44-39(49)43-11-17-54-21-23-56-19-13-45-59(50,51)33-5-1-31(48)2-6-33/h1-8,25-26,37-38,42,45-46,48H,9-24,27H2,(H2,43,44,49)/t37-,38-/m0/s1. The second kappa shape index (κ2) is 23.8. The minimum Gasteiger partial charge on any atom is -0.508 e. The molecule has 2 aliphatic rings. The normalized spacial score (nSPS) is 16.9. The number of nitrogens with one attached hydrogen (secondary N) is 5. The molecule has 3 aromatic carbocycles. The summed E-state index contributed by atoms with van der Waals surface area (Å²) in [5.41, 5.74) is 2.35. The molecule has 0 radical (unpaired) electrons. The topological polar surface area (TPSA) is 239 Å². The van der Waals surface area contributed by atoms with Gasteiger partial charge in [0.1, 0.15) is 17.6 Å². The summed E-state index contributed by atoms with van der Waals surface area (Å²) < 4.78 is 83.3. The summed E-state index contributed by atoms with van der Waals surface area (Å²) in [5, 5.41) is 28.2. The number of carbonyl (C=O) groups is 1. The quantitative estimate of drug-likeness (QED) is 0.0662. The molecule has 1 aliphatic carbocycles. The van der Waals surface area contributed by atoms with E-state index in [2.05, 4.69) is 36.4 Å². The van der Waals surface area contributed by atoms with Gasteiger partial charge in [-0.15, -0.1) is 0 Å². The zero-order valence-corrected chi connectivity index (χ0v) is 35.5. The number of aromatic hydroxyl groups is 1. The molecule has 0 bridgehead atoms. The van der Waals surface area contributed by atoms with Crippen molar-refractivity contribution in [1.82, 2.24) is 30.3 Å². The van der Waals surface area contributed by atoms with Gasteiger partial charge in [-0.3, -0.25) is 4.90 Å². The number of piperazine rings is 1. The number of ether oxygens (including phenoxy) is 5. The number of nitriles is 1. The first-order valence-corrected chi connectivity index (χ1v) is 22.9. The Balaban J connectivity index is 0.869. The number of nitrogens with zero attached hydrogens (tertiary/aromatic N) is 2. The van der Waals surface area contributed by atoms with Crippen molar-refractivity contribution in [2.75, 3.05) is 105 Å². The first-order chi connectivity index (χ1) is 29.0. The minimum atomic E-state index is -3.81. The molecule has 3 aromatic rings. The molecule has 21 heteroatoms. The van der Waals surface area contributed by atoms with Crippen molar-refractivity contribution in [3.8, 4) is 17.6 Å². The van der Waals surface area contributed by atoms with E-state index in [-0.39, 0.29) is 113 Å². The third-order valence-electron chi connectivity index (χ3n) is 9.49. The summed E-state index contributed by atoms with van der Waals surface area (Å²) >= 11 is 6.38. The van der Waals surface area contributed by atoms with Crippen LogP contribution in [0.4, 0.5) is 4.79 Å². The number of amides is 2. The number of benzene rings is 3. The number of rotatable bonds is 25. The van der Waals surface area contributed by atoms with Gasteiger partial charge in [-0.05, 0) is 78.2 Å². The fourth-order valence-corrected chi connectivity index (χ4v) is 8.80. The van der Waals surface area contributed by atoms with Gasteiger partial charge in [-0.25, -0.2) is 31.1 Å². The second-order valence-corrected chi connectivity index (χ2v) is 17.6. The average Bonchev–Trinajstić information content (AvgIpc) is 3.59. The van der Waals surface area contributed by atoms with E-state index in [1.54, 1.807) is 18.2 Å². The van der Waals surface area contributed by atoms with Gasteiger partial charge in [-0.2, -0.15) is 5.26 Å². The van der Waals surface area contributed by atoms with Crippen LogP contribution in [0, 0.1) is 11.3 Å². The van der Waals surface area contributed by atoms with Gasteiger partial charge >= 0.3 is 6.03 Å². The molecule has 0 unspecified atom stereocenters. The molecule has 18 nitrogen and oxygen atoms in total. The number of hydrogen-bond acceptors (Lipinski definition) is 14. The zero-order valence-electron chi connectivity index (χ0n) is 33.1. The Morgan fingerprint density at radius 2 is 1.27 bits per heavy atom. The molecule has 0 saturated carbocycles. The molecule has 60 heavy (non-hydrogen) atoms. The number of phenolic OH excluding ortho intramolecular Hbond substituents is 1. The second-order valence-electron chi connectivity index (χ2n) is 13.6. The number of carbonyl (C=O) groups excluding carboxylic acids is 1. The molecule has 6 N–H and O–H groups in total. The molecule has 0 aromatic heterocycles. The highest BCUT2D eigenvalue weighted by molar-refractivity contribution is 7.89. The lowest BCUT2D eigenvalue weighted by atomic mass is 10.0. The summed E-state index contributed by atoms with van der Waals surface area (Å²) in [6, 6.07) is 16.9. The van der Waals surface area contributed by atoms with Crippen LogP contribution in [0.15, 0.2) is 70.5 Å². The molecule has 1 heterocycles. The molecule has 2 atom stereocenters. The van der Waals surface area contributed by atoms with Gasteiger partial charge in [0.25, 0.3) is 0 Å². The molecule has 328 valence electrons. The third kappa shape index (κ3) is 14.5. The first kappa shape index (κ1) is 46.9. The highest BCUT2D eigenvalue weighted by Gasteiger charge is 2.40. The highest BCUT2D eigenvalue weighted by Crippen LogP contribution is 2.41. The number of sulfonamides is 2. The summed E-state index contributed by atoms with van der Waals surface area (Å²) in [6.45, 7) is 5.84. The Bertz CT molecular complexity index is 2090. The van der Waals surface area contributed by atoms with Gasteiger partial charge in [0.2, 0.25) is 20.0 Å². The van der Waals surface area contributed by atoms with Crippen molar-refractivity contribution in [3.05, 3.63) is 82.4 Å². The number of hydrogen-bond donors (Lipinski definition) is 6. The lowest BCUT2D eigenvalue weighted by Crippen LogP contribution is -2.50. The van der Waals surface area contributed by atoms with E-state index in [4.69, 9.17) is 35.3 Å². The van der Waals surface area contributed by atoms with Crippen LogP contribution in [0.3, 0.4) is 0 Å². The lowest BCUT2D eigenvalue weighted by molar-refractivity contribution is 0.0504. The van der Waals surface area contributed by atoms with Crippen LogP contribution < -0.4 is 30.1 Å². The lowest BCUT2D eigenvalue weighted by Gasteiger charge is -2.36. The molecule has 5 rings (SSSR count). The molecule has 1 saturated heterocycles. The fraction of sp³-hybridized carbons (Fsp3) is 0.487. The maximum absolute atomic E-state index is 12.9. The molecular formula is C39H52ClN7O11S2. The average molecular weight is 894 g/mol. The Kier molecular flexibility index (Phi) is 18.6. The Hall–Kier alpha value is -4.11. The molecule has 1 aliphatic heterocycles. The van der Waals surface area contributed by atoms with Gasteiger partial charge in [0.15, 0.2) is 0 Å². The van der Waals surface area contributed by atoms with E-state index in [0.717, 1.165) is 37.3 Å². The molecule has 2 amide bonds. The third-order valence-corrected chi connectivity index (χ3v) is 12.7. The maximum Gasteiger partial charge on any atom is 0.314 e. The number of fused-ring (bicyclic) bond motifs is 1. The van der Waals surface area contributed by atoms with Crippen molar-refractivity contribution in [1.29, 1.82) is 5.26 Å². The summed E-state index contributed by atoms with van der Waals surface area (Å²) in [7, 11) is -7.50. The van der Waals surface area contributed by atoms with E-state index < -0.39 is 20.0 Å². The summed E-state index contributed by atoms with van der Waals surface area (Å²) in [6.07, 6.45) is 0.280. The van der Waals surface area contributed by atoms with Crippen LogP contribution in [0.25, 0.3) is 0 Å². The van der Waals surface area contributed by atoms with E-state index in [1.807, 2.05) is 6.07 Å². The number of halogens is 1. The van der Waals surface area contributed by atoms with Gasteiger partial charge < -0.3 is 44.7 Å². The Morgan fingerprint density at radius 1 is 0.767 bits per heavy atom. The van der Waals surface area contributed by atoms with E-state index >= 15 is 0 Å². The molecule has 1 fully saturated rings. The zero-order chi connectivity index (χ0) is 42.8. The monoisotopic (exact) mass is 893 g/mol. The SMILES string of the molecule is N#Cc1cc(Cl)cc2c1C[C@H](N1CCNCC1)[C@H]2Oc1ccc(S(=O)(=O)NCCOCCOCCNC(=O)NCCOCCOCCNS(=O)(=O)c2ccc(O)cc2)cc1. The number of urea groups is 1. The summed E-state index contributed by atoms with van der Waals surface area (Å²) in [4.78, 5) is 14.4. The van der Waals surface area contributed by atoms with Crippen molar-refractivity contribution in [2.45, 2.75) is 28.4 Å². The van der Waals surface area contributed by atoms with Crippen molar-refractivity contribution < 1.29 is 50.4 Å². The van der Waals surface area contributed by atoms with Gasteiger partial charge in [0, 0.05) is 57.4 Å².